The van der Waals surface area contributed by atoms with E-state index in [0.717, 1.165) is 18.8 Å². The molecule has 136 valence electrons. The monoisotopic (exact) mass is 341 g/mol. The van der Waals surface area contributed by atoms with Crippen molar-refractivity contribution in [2.45, 2.75) is 32.4 Å². The van der Waals surface area contributed by atoms with Gasteiger partial charge in [-0.3, -0.25) is 4.68 Å². The second-order valence-corrected chi connectivity index (χ2v) is 7.26. The Labute approximate surface area is 151 Å². The maximum Gasteiger partial charge on any atom is 0.130 e. The first-order valence-electron chi connectivity index (χ1n) is 9.26. The second-order valence-electron chi connectivity index (χ2n) is 7.26. The fourth-order valence-electron chi connectivity index (χ4n) is 3.88. The highest BCUT2D eigenvalue weighted by atomic mass is 15.4. The van der Waals surface area contributed by atoms with Crippen molar-refractivity contribution in [3.63, 3.8) is 0 Å². The quantitative estimate of drug-likeness (QED) is 0.840. The number of likely N-dealkylation sites (tertiary alicyclic amines) is 1. The van der Waals surface area contributed by atoms with Crippen molar-refractivity contribution in [3.8, 4) is 0 Å². The van der Waals surface area contributed by atoms with Gasteiger partial charge in [0.05, 0.1) is 5.69 Å². The lowest BCUT2D eigenvalue weighted by Crippen LogP contribution is -2.33. The van der Waals surface area contributed by atoms with Crippen LogP contribution in [0.1, 0.15) is 35.7 Å². The van der Waals surface area contributed by atoms with E-state index in [2.05, 4.69) is 71.6 Å². The Morgan fingerprint density at radius 3 is 2.48 bits per heavy atom. The maximum absolute atomic E-state index is 4.61. The van der Waals surface area contributed by atoms with E-state index in [1.165, 1.54) is 42.9 Å². The molecular weight excluding hydrogens is 310 g/mol. The highest BCUT2D eigenvalue weighted by Crippen LogP contribution is 2.23. The molecular formula is C20H31N5. The third kappa shape index (κ3) is 4.22. The standard InChI is InChI=1S/C20H31N5/c1-16-18(20(23(2)3)24(4)22-16)14-21-19(15-25-12-8-9-13-25)17-10-6-5-7-11-17/h5-7,10-11,19,21H,8-9,12-15H2,1-4H3/t19-/m0/s1. The molecule has 3 rings (SSSR count). The molecule has 5 heteroatoms. The van der Waals surface area contributed by atoms with Gasteiger partial charge in [0.25, 0.3) is 0 Å². The Morgan fingerprint density at radius 2 is 1.84 bits per heavy atom. The van der Waals surface area contributed by atoms with E-state index < -0.39 is 0 Å². The lowest BCUT2D eigenvalue weighted by molar-refractivity contribution is 0.291. The zero-order chi connectivity index (χ0) is 17.8. The van der Waals surface area contributed by atoms with Crippen LogP contribution in [0.25, 0.3) is 0 Å². The van der Waals surface area contributed by atoms with Crippen LogP contribution < -0.4 is 10.2 Å². The third-order valence-electron chi connectivity index (χ3n) is 5.10. The summed E-state index contributed by atoms with van der Waals surface area (Å²) in [6, 6.07) is 11.2. The van der Waals surface area contributed by atoms with Crippen LogP contribution in [0, 0.1) is 6.92 Å². The summed E-state index contributed by atoms with van der Waals surface area (Å²) in [5.41, 5.74) is 3.75. The number of aromatic nitrogens is 2. The summed E-state index contributed by atoms with van der Waals surface area (Å²) >= 11 is 0. The van der Waals surface area contributed by atoms with Gasteiger partial charge in [0.2, 0.25) is 0 Å². The van der Waals surface area contributed by atoms with Gasteiger partial charge in [-0.25, -0.2) is 0 Å². The number of hydrogen-bond donors (Lipinski definition) is 1. The van der Waals surface area contributed by atoms with Gasteiger partial charge in [0, 0.05) is 45.8 Å². The summed E-state index contributed by atoms with van der Waals surface area (Å²) in [6.07, 6.45) is 2.65. The zero-order valence-electron chi connectivity index (χ0n) is 16.0. The van der Waals surface area contributed by atoms with Gasteiger partial charge >= 0.3 is 0 Å². The van der Waals surface area contributed by atoms with E-state index in [-0.39, 0.29) is 0 Å². The Hall–Kier alpha value is -1.85. The van der Waals surface area contributed by atoms with Gasteiger partial charge in [-0.05, 0) is 38.4 Å². The number of nitrogens with one attached hydrogen (secondary N) is 1. The molecule has 0 bridgehead atoms. The van der Waals surface area contributed by atoms with E-state index in [4.69, 9.17) is 0 Å². The molecule has 1 aliphatic rings. The summed E-state index contributed by atoms with van der Waals surface area (Å²) in [4.78, 5) is 4.72. The lowest BCUT2D eigenvalue weighted by atomic mass is 10.1. The summed E-state index contributed by atoms with van der Waals surface area (Å²) in [6.45, 7) is 6.45. The fourth-order valence-corrected chi connectivity index (χ4v) is 3.88. The van der Waals surface area contributed by atoms with Gasteiger partial charge < -0.3 is 15.1 Å². The number of rotatable bonds is 7. The molecule has 0 amide bonds. The first-order valence-corrected chi connectivity index (χ1v) is 9.26. The van der Waals surface area contributed by atoms with Crippen LogP contribution in [0.2, 0.25) is 0 Å². The van der Waals surface area contributed by atoms with E-state index in [9.17, 15) is 0 Å². The van der Waals surface area contributed by atoms with Crippen LogP contribution in [0.3, 0.4) is 0 Å². The molecule has 1 N–H and O–H groups in total. The molecule has 2 aromatic rings. The van der Waals surface area contributed by atoms with E-state index in [1.807, 2.05) is 11.7 Å². The van der Waals surface area contributed by atoms with Crippen molar-refractivity contribution in [3.05, 3.63) is 47.2 Å². The molecule has 0 unspecified atom stereocenters. The number of benzene rings is 1. The van der Waals surface area contributed by atoms with Gasteiger partial charge in [0.1, 0.15) is 5.82 Å². The molecule has 0 radical (unpaired) electrons. The first-order chi connectivity index (χ1) is 12.1. The van der Waals surface area contributed by atoms with Crippen molar-refractivity contribution in [1.29, 1.82) is 0 Å². The molecule has 1 saturated heterocycles. The first kappa shape index (κ1) is 18.0. The predicted molar refractivity (Wildman–Crippen MR) is 104 cm³/mol. The molecule has 1 aromatic heterocycles. The molecule has 0 saturated carbocycles. The van der Waals surface area contributed by atoms with Crippen molar-refractivity contribution < 1.29 is 0 Å². The normalized spacial score (nSPS) is 16.3. The molecule has 25 heavy (non-hydrogen) atoms. The fraction of sp³-hybridized carbons (Fsp3) is 0.550. The highest BCUT2D eigenvalue weighted by molar-refractivity contribution is 5.48. The van der Waals surface area contributed by atoms with Crippen LogP contribution >= 0.6 is 0 Å². The van der Waals surface area contributed by atoms with E-state index >= 15 is 0 Å². The summed E-state index contributed by atoms with van der Waals surface area (Å²) in [5, 5.41) is 8.42. The summed E-state index contributed by atoms with van der Waals surface area (Å²) < 4.78 is 1.98. The predicted octanol–water partition coefficient (Wildman–Crippen LogP) is 2.72. The summed E-state index contributed by atoms with van der Waals surface area (Å²) in [5.74, 6) is 1.18. The van der Waals surface area contributed by atoms with Gasteiger partial charge in [-0.15, -0.1) is 0 Å². The highest BCUT2D eigenvalue weighted by Gasteiger charge is 2.21. The number of hydrogen-bond acceptors (Lipinski definition) is 4. The number of aryl methyl sites for hydroxylation is 2. The van der Waals surface area contributed by atoms with E-state index in [1.54, 1.807) is 0 Å². The molecule has 5 nitrogen and oxygen atoms in total. The minimum atomic E-state index is 0.342. The molecule has 0 spiro atoms. The largest absolute Gasteiger partial charge is 0.363 e. The minimum absolute atomic E-state index is 0.342. The smallest absolute Gasteiger partial charge is 0.130 e. The Balaban J connectivity index is 1.77. The lowest BCUT2D eigenvalue weighted by Gasteiger charge is -2.25. The molecule has 1 aliphatic heterocycles. The Morgan fingerprint density at radius 1 is 1.16 bits per heavy atom. The van der Waals surface area contributed by atoms with Crippen LogP contribution in [0.5, 0.6) is 0 Å². The Kier molecular flexibility index (Phi) is 5.76. The topological polar surface area (TPSA) is 36.3 Å². The van der Waals surface area contributed by atoms with Gasteiger partial charge in [-0.2, -0.15) is 5.10 Å². The maximum atomic E-state index is 4.61. The SMILES string of the molecule is Cc1nn(C)c(N(C)C)c1CN[C@@H](CN1CCCC1)c1ccccc1. The molecule has 1 fully saturated rings. The second kappa shape index (κ2) is 8.02. The van der Waals surface area contributed by atoms with Crippen molar-refractivity contribution >= 4 is 5.82 Å². The van der Waals surface area contributed by atoms with Crippen LogP contribution in [-0.4, -0.2) is 48.4 Å². The molecule has 0 aliphatic carbocycles. The summed E-state index contributed by atoms with van der Waals surface area (Å²) in [7, 11) is 6.18. The van der Waals surface area contributed by atoms with Crippen LogP contribution in [0.4, 0.5) is 5.82 Å². The molecule has 1 atom stereocenters. The Bertz CT molecular complexity index is 671. The van der Waals surface area contributed by atoms with Crippen molar-refractivity contribution in [2.24, 2.45) is 7.05 Å². The third-order valence-corrected chi connectivity index (χ3v) is 5.10. The number of anilines is 1. The number of nitrogens with zero attached hydrogens (tertiary/aromatic N) is 4. The average molecular weight is 342 g/mol. The molecule has 2 heterocycles. The van der Waals surface area contributed by atoms with Crippen molar-refractivity contribution in [1.82, 2.24) is 20.0 Å². The van der Waals surface area contributed by atoms with Gasteiger partial charge in [-0.1, -0.05) is 30.3 Å². The average Bonchev–Trinajstić information content (AvgIpc) is 3.19. The van der Waals surface area contributed by atoms with Crippen LogP contribution in [-0.2, 0) is 13.6 Å². The molecule has 1 aromatic carbocycles. The van der Waals surface area contributed by atoms with E-state index in [0.29, 0.717) is 6.04 Å². The van der Waals surface area contributed by atoms with Gasteiger partial charge in [0.15, 0.2) is 0 Å². The van der Waals surface area contributed by atoms with Crippen molar-refractivity contribution in [2.75, 3.05) is 38.6 Å². The van der Waals surface area contributed by atoms with Crippen LogP contribution in [0.15, 0.2) is 30.3 Å². The minimum Gasteiger partial charge on any atom is -0.363 e. The zero-order valence-corrected chi connectivity index (χ0v) is 16.0.